The highest BCUT2D eigenvalue weighted by molar-refractivity contribution is 8.08. The van der Waals surface area contributed by atoms with Crippen LogP contribution in [0.5, 0.6) is 0 Å². The first-order valence-electron chi connectivity index (χ1n) is 4.26. The molecule has 0 radical (unpaired) electrons. The Hall–Kier alpha value is -0.690. The number of rotatable bonds is 1. The second kappa shape index (κ2) is 3.36. The second-order valence-electron chi connectivity index (χ2n) is 3.07. The summed E-state index contributed by atoms with van der Waals surface area (Å²) >= 11 is 1.97. The van der Waals surface area contributed by atoms with E-state index in [0.717, 1.165) is 0 Å². The molecule has 1 aliphatic heterocycles. The summed E-state index contributed by atoms with van der Waals surface area (Å²) in [4.78, 5) is 1.46. The Bertz CT molecular complexity index is 313. The molecule has 0 spiro atoms. The van der Waals surface area contributed by atoms with Crippen molar-refractivity contribution < 1.29 is 0 Å². The van der Waals surface area contributed by atoms with Gasteiger partial charge in [0, 0.05) is 10.7 Å². The minimum Gasteiger partial charge on any atom is -0.126 e. The lowest BCUT2D eigenvalue weighted by atomic mass is 10.1. The molecule has 0 nitrogen and oxygen atoms in total. The van der Waals surface area contributed by atoms with E-state index in [1.54, 1.807) is 0 Å². The molecule has 0 amide bonds. The van der Waals surface area contributed by atoms with Crippen molar-refractivity contribution in [2.75, 3.05) is 5.75 Å². The van der Waals surface area contributed by atoms with Crippen molar-refractivity contribution >= 4 is 16.7 Å². The summed E-state index contributed by atoms with van der Waals surface area (Å²) < 4.78 is 0. The zero-order valence-corrected chi connectivity index (χ0v) is 8.03. The fourth-order valence-electron chi connectivity index (χ4n) is 1.42. The Labute approximate surface area is 77.7 Å². The van der Waals surface area contributed by atoms with Crippen LogP contribution in [0, 0.1) is 6.92 Å². The molecule has 1 aliphatic rings. The Morgan fingerprint density at radius 2 is 2.25 bits per heavy atom. The highest BCUT2D eigenvalue weighted by Crippen LogP contribution is 2.33. The average Bonchev–Trinajstić information content (AvgIpc) is 2.56. The monoisotopic (exact) mass is 176 g/mol. The lowest BCUT2D eigenvalue weighted by Crippen LogP contribution is -1.78. The molecule has 0 N–H and O–H groups in total. The summed E-state index contributed by atoms with van der Waals surface area (Å²) in [5.41, 5.74) is 2.73. The van der Waals surface area contributed by atoms with Crippen LogP contribution in [0.25, 0.3) is 4.91 Å². The lowest BCUT2D eigenvalue weighted by Gasteiger charge is -2.01. The van der Waals surface area contributed by atoms with Gasteiger partial charge in [-0.25, -0.2) is 0 Å². The van der Waals surface area contributed by atoms with Crippen molar-refractivity contribution in [3.8, 4) is 0 Å². The zero-order valence-electron chi connectivity index (χ0n) is 7.21. The molecular weight excluding hydrogens is 164 g/mol. The molecule has 0 aromatic heterocycles. The molecule has 0 saturated heterocycles. The third kappa shape index (κ3) is 1.56. The smallest absolute Gasteiger partial charge is 0.0105 e. The minimum absolute atomic E-state index is 1.23. The zero-order chi connectivity index (χ0) is 8.39. The molecule has 62 valence electrons. The highest BCUT2D eigenvalue weighted by Gasteiger charge is 2.06. The number of thioether (sulfide) groups is 1. The van der Waals surface area contributed by atoms with E-state index in [2.05, 4.69) is 37.3 Å². The summed E-state index contributed by atoms with van der Waals surface area (Å²) in [6.45, 7) is 2.14. The van der Waals surface area contributed by atoms with Gasteiger partial charge in [0.2, 0.25) is 0 Å². The number of benzene rings is 1. The molecule has 1 aromatic rings. The highest BCUT2D eigenvalue weighted by atomic mass is 32.2. The van der Waals surface area contributed by atoms with Crippen LogP contribution >= 0.6 is 11.8 Å². The Balaban J connectivity index is 2.33. The van der Waals surface area contributed by atoms with Crippen LogP contribution < -0.4 is 0 Å². The molecule has 2 rings (SSSR count). The van der Waals surface area contributed by atoms with Gasteiger partial charge in [-0.3, -0.25) is 0 Å². The first-order valence-corrected chi connectivity index (χ1v) is 5.25. The van der Waals surface area contributed by atoms with E-state index in [1.807, 2.05) is 11.8 Å². The SMILES string of the molecule is Cc1cccc(C2=CCCS2)c1. The van der Waals surface area contributed by atoms with Crippen LogP contribution in [0.2, 0.25) is 0 Å². The van der Waals surface area contributed by atoms with E-state index in [-0.39, 0.29) is 0 Å². The van der Waals surface area contributed by atoms with Gasteiger partial charge < -0.3 is 0 Å². The third-order valence-corrected chi connectivity index (χ3v) is 3.16. The van der Waals surface area contributed by atoms with E-state index in [1.165, 1.54) is 28.2 Å². The van der Waals surface area contributed by atoms with E-state index >= 15 is 0 Å². The molecule has 1 heteroatoms. The van der Waals surface area contributed by atoms with Gasteiger partial charge in [-0.05, 0) is 18.9 Å². The van der Waals surface area contributed by atoms with Crippen molar-refractivity contribution in [1.82, 2.24) is 0 Å². The Morgan fingerprint density at radius 3 is 2.92 bits per heavy atom. The molecule has 12 heavy (non-hydrogen) atoms. The van der Waals surface area contributed by atoms with E-state index in [9.17, 15) is 0 Å². The maximum absolute atomic E-state index is 2.33. The van der Waals surface area contributed by atoms with Crippen LogP contribution in [-0.2, 0) is 0 Å². The molecule has 1 aromatic carbocycles. The Morgan fingerprint density at radius 1 is 1.33 bits per heavy atom. The first kappa shape index (κ1) is 7.93. The molecule has 0 aliphatic carbocycles. The summed E-state index contributed by atoms with van der Waals surface area (Å²) in [6, 6.07) is 8.72. The third-order valence-electron chi connectivity index (χ3n) is 2.01. The van der Waals surface area contributed by atoms with Crippen LogP contribution in [0.15, 0.2) is 30.3 Å². The lowest BCUT2D eigenvalue weighted by molar-refractivity contribution is 1.28. The fraction of sp³-hybridized carbons (Fsp3) is 0.273. The van der Waals surface area contributed by atoms with Crippen LogP contribution in [0.1, 0.15) is 17.5 Å². The van der Waals surface area contributed by atoms with Crippen molar-refractivity contribution in [2.24, 2.45) is 0 Å². The fourth-order valence-corrected chi connectivity index (χ4v) is 2.40. The molecule has 1 heterocycles. The van der Waals surface area contributed by atoms with Gasteiger partial charge >= 0.3 is 0 Å². The summed E-state index contributed by atoms with van der Waals surface area (Å²) in [6.07, 6.45) is 3.56. The average molecular weight is 176 g/mol. The number of hydrogen-bond donors (Lipinski definition) is 0. The maximum Gasteiger partial charge on any atom is 0.0105 e. The molecule has 0 unspecified atom stereocenters. The molecule has 0 atom stereocenters. The van der Waals surface area contributed by atoms with Crippen molar-refractivity contribution in [3.05, 3.63) is 41.5 Å². The van der Waals surface area contributed by atoms with Gasteiger partial charge in [-0.1, -0.05) is 35.9 Å². The van der Waals surface area contributed by atoms with Gasteiger partial charge in [-0.2, -0.15) is 0 Å². The summed E-state index contributed by atoms with van der Waals surface area (Å²) in [5.74, 6) is 1.25. The molecule has 0 fully saturated rings. The minimum atomic E-state index is 1.23. The summed E-state index contributed by atoms with van der Waals surface area (Å²) in [7, 11) is 0. The van der Waals surface area contributed by atoms with E-state index in [4.69, 9.17) is 0 Å². The van der Waals surface area contributed by atoms with Gasteiger partial charge in [0.25, 0.3) is 0 Å². The van der Waals surface area contributed by atoms with Gasteiger partial charge in [-0.15, -0.1) is 11.8 Å². The molecular formula is C11H12S. The molecule has 0 saturated carbocycles. The quantitative estimate of drug-likeness (QED) is 0.631. The van der Waals surface area contributed by atoms with Crippen LogP contribution in [-0.4, -0.2) is 5.75 Å². The van der Waals surface area contributed by atoms with Crippen LogP contribution in [0.4, 0.5) is 0 Å². The largest absolute Gasteiger partial charge is 0.126 e. The van der Waals surface area contributed by atoms with Crippen molar-refractivity contribution in [3.63, 3.8) is 0 Å². The van der Waals surface area contributed by atoms with Crippen LogP contribution in [0.3, 0.4) is 0 Å². The predicted octanol–water partition coefficient (Wildman–Crippen LogP) is 3.47. The standard InChI is InChI=1S/C11H12S/c1-9-4-2-5-10(8-9)11-6-3-7-12-11/h2,4-6,8H,3,7H2,1H3. The van der Waals surface area contributed by atoms with Crippen molar-refractivity contribution in [2.45, 2.75) is 13.3 Å². The number of allylic oxidation sites excluding steroid dienone is 1. The molecule has 0 bridgehead atoms. The second-order valence-corrected chi connectivity index (χ2v) is 4.21. The van der Waals surface area contributed by atoms with Gasteiger partial charge in [0.15, 0.2) is 0 Å². The van der Waals surface area contributed by atoms with Gasteiger partial charge in [0.05, 0.1) is 0 Å². The topological polar surface area (TPSA) is 0 Å². The summed E-state index contributed by atoms with van der Waals surface area (Å²) in [5, 5.41) is 0. The van der Waals surface area contributed by atoms with Crippen molar-refractivity contribution in [1.29, 1.82) is 0 Å². The maximum atomic E-state index is 2.33. The van der Waals surface area contributed by atoms with E-state index < -0.39 is 0 Å². The van der Waals surface area contributed by atoms with Gasteiger partial charge in [0.1, 0.15) is 0 Å². The predicted molar refractivity (Wildman–Crippen MR) is 56.2 cm³/mol. The Kier molecular flexibility index (Phi) is 2.22. The first-order chi connectivity index (χ1) is 5.86. The number of aryl methyl sites for hydroxylation is 1. The number of hydrogen-bond acceptors (Lipinski definition) is 1. The van der Waals surface area contributed by atoms with E-state index in [0.29, 0.717) is 0 Å². The normalized spacial score (nSPS) is 16.2.